The molecule has 112 valence electrons. The van der Waals surface area contributed by atoms with Gasteiger partial charge in [0.2, 0.25) is 5.89 Å². The third kappa shape index (κ3) is 4.06. The van der Waals surface area contributed by atoms with Crippen molar-refractivity contribution in [1.82, 2.24) is 10.3 Å². The van der Waals surface area contributed by atoms with E-state index in [0.29, 0.717) is 17.5 Å². The zero-order chi connectivity index (χ0) is 15.4. The highest BCUT2D eigenvalue weighted by Gasteiger charge is 2.19. The minimum Gasteiger partial charge on any atom is -0.446 e. The lowest BCUT2D eigenvalue weighted by molar-refractivity contribution is 0.0946. The van der Waals surface area contributed by atoms with Gasteiger partial charge in [-0.2, -0.15) is 0 Å². The molecule has 0 spiro atoms. The molecule has 2 rings (SSSR count). The Bertz CT molecular complexity index is 625. The van der Waals surface area contributed by atoms with Crippen molar-refractivity contribution < 1.29 is 9.21 Å². The first-order valence-electron chi connectivity index (χ1n) is 6.71. The molecule has 0 bridgehead atoms. The maximum absolute atomic E-state index is 12.0. The largest absolute Gasteiger partial charge is 0.446 e. The highest BCUT2D eigenvalue weighted by Crippen LogP contribution is 2.18. The number of hydrogen-bond donors (Lipinski definition) is 2. The zero-order valence-electron chi connectivity index (χ0n) is 12.0. The first-order chi connectivity index (χ1) is 9.97. The van der Waals surface area contributed by atoms with Crippen LogP contribution in [0.25, 0.3) is 0 Å². The van der Waals surface area contributed by atoms with Crippen molar-refractivity contribution in [2.45, 2.75) is 26.4 Å². The Morgan fingerprint density at radius 3 is 2.90 bits per heavy atom. The smallest absolute Gasteiger partial charge is 0.273 e. The first kappa shape index (κ1) is 15.5. The van der Waals surface area contributed by atoms with E-state index in [4.69, 9.17) is 21.8 Å². The highest BCUT2D eigenvalue weighted by atomic mass is 35.5. The van der Waals surface area contributed by atoms with Crippen molar-refractivity contribution in [3.63, 3.8) is 0 Å². The van der Waals surface area contributed by atoms with E-state index in [-0.39, 0.29) is 23.6 Å². The van der Waals surface area contributed by atoms with Crippen molar-refractivity contribution in [3.05, 3.63) is 52.7 Å². The lowest BCUT2D eigenvalue weighted by atomic mass is 10.1. The predicted octanol–water partition coefficient (Wildman–Crippen LogP) is 2.91. The molecule has 1 aromatic carbocycles. The van der Waals surface area contributed by atoms with Crippen molar-refractivity contribution in [2.24, 2.45) is 11.7 Å². The second-order valence-corrected chi connectivity index (χ2v) is 5.59. The maximum Gasteiger partial charge on any atom is 0.273 e. The number of hydrogen-bond acceptors (Lipinski definition) is 4. The maximum atomic E-state index is 12.0. The summed E-state index contributed by atoms with van der Waals surface area (Å²) >= 11 is 5.89. The van der Waals surface area contributed by atoms with Gasteiger partial charge in [-0.1, -0.05) is 37.6 Å². The van der Waals surface area contributed by atoms with Gasteiger partial charge in [0.15, 0.2) is 5.69 Å². The van der Waals surface area contributed by atoms with Gasteiger partial charge in [0.25, 0.3) is 5.91 Å². The minimum absolute atomic E-state index is 0.186. The van der Waals surface area contributed by atoms with E-state index in [0.717, 1.165) is 5.56 Å². The van der Waals surface area contributed by atoms with Gasteiger partial charge in [-0.15, -0.1) is 0 Å². The number of nitrogens with two attached hydrogens (primary N) is 1. The van der Waals surface area contributed by atoms with Crippen molar-refractivity contribution in [3.8, 4) is 0 Å². The molecule has 1 amide bonds. The van der Waals surface area contributed by atoms with Gasteiger partial charge in [-0.05, 0) is 23.6 Å². The van der Waals surface area contributed by atoms with Crippen molar-refractivity contribution in [1.29, 1.82) is 0 Å². The molecule has 21 heavy (non-hydrogen) atoms. The highest BCUT2D eigenvalue weighted by molar-refractivity contribution is 6.30. The van der Waals surface area contributed by atoms with E-state index in [1.807, 2.05) is 26.0 Å². The monoisotopic (exact) mass is 307 g/mol. The third-order valence-corrected chi connectivity index (χ3v) is 3.34. The molecule has 0 fully saturated rings. The van der Waals surface area contributed by atoms with Crippen LogP contribution in [0.15, 0.2) is 34.9 Å². The fraction of sp³-hybridized carbons (Fsp3) is 0.333. The fourth-order valence-corrected chi connectivity index (χ4v) is 1.96. The van der Waals surface area contributed by atoms with Gasteiger partial charge in [-0.3, -0.25) is 4.79 Å². The molecule has 1 unspecified atom stereocenters. The van der Waals surface area contributed by atoms with Gasteiger partial charge < -0.3 is 15.5 Å². The van der Waals surface area contributed by atoms with Crippen molar-refractivity contribution in [2.75, 3.05) is 0 Å². The van der Waals surface area contributed by atoms with Crippen LogP contribution in [0.1, 0.15) is 41.8 Å². The number of nitrogens with one attached hydrogen (secondary N) is 1. The molecule has 5 nitrogen and oxygen atoms in total. The molecule has 0 saturated carbocycles. The van der Waals surface area contributed by atoms with E-state index in [1.165, 1.54) is 6.26 Å². The summed E-state index contributed by atoms with van der Waals surface area (Å²) in [6.45, 7) is 4.30. The standard InChI is InChI=1S/C15H18ClN3O2/c1-9(2)13(17)15-19-12(8-21-15)14(20)18-7-10-4-3-5-11(16)6-10/h3-6,8-9,13H,7,17H2,1-2H3,(H,18,20). The average Bonchev–Trinajstić information content (AvgIpc) is 2.93. The van der Waals surface area contributed by atoms with Gasteiger partial charge in [-0.25, -0.2) is 4.98 Å². The molecule has 0 radical (unpaired) electrons. The van der Waals surface area contributed by atoms with E-state index >= 15 is 0 Å². The fourth-order valence-electron chi connectivity index (χ4n) is 1.75. The molecule has 6 heteroatoms. The Kier molecular flexibility index (Phi) is 4.98. The number of amides is 1. The lowest BCUT2D eigenvalue weighted by Gasteiger charge is -2.10. The molecular weight excluding hydrogens is 290 g/mol. The van der Waals surface area contributed by atoms with Gasteiger partial charge in [0, 0.05) is 11.6 Å². The number of nitrogens with zero attached hydrogens (tertiary/aromatic N) is 1. The summed E-state index contributed by atoms with van der Waals surface area (Å²) in [5.41, 5.74) is 7.07. The molecule has 2 aromatic rings. The van der Waals surface area contributed by atoms with E-state index < -0.39 is 0 Å². The number of oxazole rings is 1. The van der Waals surface area contributed by atoms with Crippen LogP contribution in [0, 0.1) is 5.92 Å². The molecule has 0 saturated heterocycles. The normalized spacial score (nSPS) is 12.4. The topological polar surface area (TPSA) is 81.1 Å². The lowest BCUT2D eigenvalue weighted by Crippen LogP contribution is -2.23. The molecule has 1 aromatic heterocycles. The van der Waals surface area contributed by atoms with Gasteiger partial charge >= 0.3 is 0 Å². The minimum atomic E-state index is -0.320. The van der Waals surface area contributed by atoms with Crippen LogP contribution < -0.4 is 11.1 Å². The van der Waals surface area contributed by atoms with Crippen LogP contribution in [0.4, 0.5) is 0 Å². The molecule has 0 aliphatic heterocycles. The molecule has 1 atom stereocenters. The average molecular weight is 308 g/mol. The Morgan fingerprint density at radius 1 is 1.48 bits per heavy atom. The third-order valence-electron chi connectivity index (χ3n) is 3.10. The van der Waals surface area contributed by atoms with E-state index in [1.54, 1.807) is 12.1 Å². The predicted molar refractivity (Wildman–Crippen MR) is 80.9 cm³/mol. The summed E-state index contributed by atoms with van der Waals surface area (Å²) in [6, 6.07) is 6.98. The second-order valence-electron chi connectivity index (χ2n) is 5.15. The molecule has 0 aliphatic rings. The quantitative estimate of drug-likeness (QED) is 0.890. The summed E-state index contributed by atoms with van der Waals surface area (Å²) in [4.78, 5) is 16.1. The molecule has 3 N–H and O–H groups in total. The number of benzene rings is 1. The Balaban J connectivity index is 1.98. The van der Waals surface area contributed by atoms with Gasteiger partial charge in [0.1, 0.15) is 6.26 Å². The molecular formula is C15H18ClN3O2. The molecule has 0 aliphatic carbocycles. The van der Waals surface area contributed by atoms with Crippen LogP contribution in [-0.2, 0) is 6.54 Å². The number of carbonyl (C=O) groups excluding carboxylic acids is 1. The van der Waals surface area contributed by atoms with E-state index in [9.17, 15) is 4.79 Å². The second kappa shape index (κ2) is 6.74. The summed E-state index contributed by atoms with van der Waals surface area (Å²) in [6.07, 6.45) is 1.32. The first-order valence-corrected chi connectivity index (χ1v) is 7.09. The van der Waals surface area contributed by atoms with Crippen molar-refractivity contribution >= 4 is 17.5 Å². The Labute approximate surface area is 128 Å². The van der Waals surface area contributed by atoms with Crippen LogP contribution >= 0.6 is 11.6 Å². The SMILES string of the molecule is CC(C)C(N)c1nc(C(=O)NCc2cccc(Cl)c2)co1. The summed E-state index contributed by atoms with van der Waals surface area (Å²) in [5.74, 6) is 0.254. The van der Waals surface area contributed by atoms with Crippen LogP contribution in [0.3, 0.4) is 0 Å². The number of halogens is 1. The summed E-state index contributed by atoms with van der Waals surface area (Å²) in [7, 11) is 0. The number of aromatic nitrogens is 1. The van der Waals surface area contributed by atoms with Crippen LogP contribution in [0.2, 0.25) is 5.02 Å². The van der Waals surface area contributed by atoms with Crippen LogP contribution in [0.5, 0.6) is 0 Å². The Morgan fingerprint density at radius 2 is 2.24 bits per heavy atom. The van der Waals surface area contributed by atoms with Gasteiger partial charge in [0.05, 0.1) is 6.04 Å². The number of carbonyl (C=O) groups is 1. The van der Waals surface area contributed by atoms with E-state index in [2.05, 4.69) is 10.3 Å². The molecule has 1 heterocycles. The summed E-state index contributed by atoms with van der Waals surface area (Å²) < 4.78 is 5.26. The van der Waals surface area contributed by atoms with Crippen LogP contribution in [-0.4, -0.2) is 10.9 Å². The summed E-state index contributed by atoms with van der Waals surface area (Å²) in [5, 5.41) is 3.40. The Hall–Kier alpha value is -1.85. The zero-order valence-corrected chi connectivity index (χ0v) is 12.7. The number of rotatable bonds is 5.